The standard InChI is InChI=1S/C20H30N6O2/c1-24-10-12-25(13-11-24)19(15-8-9-17(27-2)18(14-15)28-3)20-21-22-23-26(20)16-6-4-5-7-16/h8-9,14,16,19H,4-7,10-13H2,1-3H3/t19-/m1/s1. The Labute approximate surface area is 166 Å². The van der Waals surface area contributed by atoms with Crippen molar-refractivity contribution in [3.63, 3.8) is 0 Å². The number of aromatic nitrogens is 4. The summed E-state index contributed by atoms with van der Waals surface area (Å²) in [5.74, 6) is 2.40. The first-order valence-corrected chi connectivity index (χ1v) is 10.1. The number of hydrogen-bond donors (Lipinski definition) is 0. The van der Waals surface area contributed by atoms with Crippen LogP contribution in [0.1, 0.15) is 49.2 Å². The van der Waals surface area contributed by atoms with Crippen LogP contribution in [0.4, 0.5) is 0 Å². The molecule has 2 aromatic rings. The zero-order chi connectivity index (χ0) is 19.5. The van der Waals surface area contributed by atoms with Crippen molar-refractivity contribution in [1.29, 1.82) is 0 Å². The molecule has 0 N–H and O–H groups in total. The van der Waals surface area contributed by atoms with Gasteiger partial charge in [-0.3, -0.25) is 4.90 Å². The van der Waals surface area contributed by atoms with Crippen molar-refractivity contribution >= 4 is 0 Å². The molecule has 8 nitrogen and oxygen atoms in total. The highest BCUT2D eigenvalue weighted by molar-refractivity contribution is 5.45. The maximum Gasteiger partial charge on any atom is 0.173 e. The Hall–Kier alpha value is -2.19. The van der Waals surface area contributed by atoms with E-state index < -0.39 is 0 Å². The van der Waals surface area contributed by atoms with Gasteiger partial charge >= 0.3 is 0 Å². The fourth-order valence-electron chi connectivity index (χ4n) is 4.42. The van der Waals surface area contributed by atoms with Gasteiger partial charge in [0.1, 0.15) is 0 Å². The van der Waals surface area contributed by atoms with Crippen LogP contribution in [0.3, 0.4) is 0 Å². The summed E-state index contributed by atoms with van der Waals surface area (Å²) in [5, 5.41) is 13.0. The van der Waals surface area contributed by atoms with Gasteiger partial charge in [-0.05, 0) is 48.0 Å². The average Bonchev–Trinajstić information content (AvgIpc) is 3.41. The van der Waals surface area contributed by atoms with Crippen molar-refractivity contribution in [2.75, 3.05) is 47.4 Å². The zero-order valence-electron chi connectivity index (χ0n) is 17.0. The Kier molecular flexibility index (Phi) is 5.77. The number of ether oxygens (including phenoxy) is 2. The fourth-order valence-corrected chi connectivity index (χ4v) is 4.42. The first-order chi connectivity index (χ1) is 13.7. The molecule has 1 atom stereocenters. The maximum absolute atomic E-state index is 5.57. The lowest BCUT2D eigenvalue weighted by molar-refractivity contribution is 0.120. The second-order valence-electron chi connectivity index (χ2n) is 7.78. The van der Waals surface area contributed by atoms with Crippen molar-refractivity contribution in [3.8, 4) is 11.5 Å². The number of tetrazole rings is 1. The van der Waals surface area contributed by atoms with E-state index in [2.05, 4.69) is 49.2 Å². The van der Waals surface area contributed by atoms with Crippen LogP contribution < -0.4 is 9.47 Å². The minimum atomic E-state index is 0.00380. The average molecular weight is 387 g/mol. The van der Waals surface area contributed by atoms with Crippen molar-refractivity contribution in [2.45, 2.75) is 37.8 Å². The van der Waals surface area contributed by atoms with Gasteiger partial charge in [-0.25, -0.2) is 4.68 Å². The van der Waals surface area contributed by atoms with Crippen LogP contribution in [-0.2, 0) is 0 Å². The summed E-state index contributed by atoms with van der Waals surface area (Å²) in [4.78, 5) is 4.85. The van der Waals surface area contributed by atoms with Gasteiger partial charge < -0.3 is 14.4 Å². The van der Waals surface area contributed by atoms with Gasteiger partial charge in [-0.15, -0.1) is 5.10 Å². The monoisotopic (exact) mass is 386 g/mol. The predicted molar refractivity (Wildman–Crippen MR) is 106 cm³/mol. The topological polar surface area (TPSA) is 68.5 Å². The van der Waals surface area contributed by atoms with E-state index in [-0.39, 0.29) is 6.04 Å². The van der Waals surface area contributed by atoms with Crippen molar-refractivity contribution in [1.82, 2.24) is 30.0 Å². The normalized spacial score (nSPS) is 20.4. The molecule has 1 aromatic carbocycles. The van der Waals surface area contributed by atoms with Crippen LogP contribution in [0.2, 0.25) is 0 Å². The van der Waals surface area contributed by atoms with Gasteiger partial charge in [0, 0.05) is 26.2 Å². The van der Waals surface area contributed by atoms with Gasteiger partial charge in [0.05, 0.1) is 26.3 Å². The van der Waals surface area contributed by atoms with Gasteiger partial charge in [-0.2, -0.15) is 0 Å². The molecule has 0 bridgehead atoms. The van der Waals surface area contributed by atoms with Crippen LogP contribution >= 0.6 is 0 Å². The van der Waals surface area contributed by atoms with Crippen LogP contribution in [0.25, 0.3) is 0 Å². The van der Waals surface area contributed by atoms with E-state index in [4.69, 9.17) is 9.47 Å². The quantitative estimate of drug-likeness (QED) is 0.753. The van der Waals surface area contributed by atoms with E-state index in [0.717, 1.165) is 61.9 Å². The Morgan fingerprint density at radius 3 is 2.39 bits per heavy atom. The minimum absolute atomic E-state index is 0.00380. The van der Waals surface area contributed by atoms with Crippen molar-refractivity contribution in [3.05, 3.63) is 29.6 Å². The van der Waals surface area contributed by atoms with Gasteiger partial charge in [-0.1, -0.05) is 18.9 Å². The van der Waals surface area contributed by atoms with Crippen LogP contribution in [0.5, 0.6) is 11.5 Å². The minimum Gasteiger partial charge on any atom is -0.493 e. The summed E-state index contributed by atoms with van der Waals surface area (Å²) in [5.41, 5.74) is 1.14. The summed E-state index contributed by atoms with van der Waals surface area (Å²) in [6, 6.07) is 6.55. The number of benzene rings is 1. The number of hydrogen-bond acceptors (Lipinski definition) is 7. The SMILES string of the molecule is COc1ccc([C@H](c2nnnn2C2CCCC2)N2CCN(C)CC2)cc1OC. The smallest absolute Gasteiger partial charge is 0.173 e. The predicted octanol–water partition coefficient (Wildman–Crippen LogP) is 2.14. The first-order valence-electron chi connectivity index (χ1n) is 10.1. The number of rotatable bonds is 6. The molecule has 28 heavy (non-hydrogen) atoms. The molecule has 0 spiro atoms. The molecule has 2 fully saturated rings. The van der Waals surface area contributed by atoms with Gasteiger partial charge in [0.25, 0.3) is 0 Å². The molecule has 1 aliphatic carbocycles. The van der Waals surface area contributed by atoms with E-state index in [0.29, 0.717) is 6.04 Å². The lowest BCUT2D eigenvalue weighted by atomic mass is 10.0. The summed E-state index contributed by atoms with van der Waals surface area (Å²) < 4.78 is 13.1. The number of piperazine rings is 1. The Morgan fingerprint density at radius 1 is 1.00 bits per heavy atom. The summed E-state index contributed by atoms with van der Waals surface area (Å²) in [7, 11) is 5.51. The molecule has 0 amide bonds. The Bertz CT molecular complexity index is 781. The van der Waals surface area contributed by atoms with Gasteiger partial charge in [0.15, 0.2) is 17.3 Å². The maximum atomic E-state index is 5.57. The summed E-state index contributed by atoms with van der Waals surface area (Å²) >= 11 is 0. The Balaban J connectivity index is 1.74. The van der Waals surface area contributed by atoms with Crippen molar-refractivity contribution < 1.29 is 9.47 Å². The van der Waals surface area contributed by atoms with E-state index in [1.165, 1.54) is 12.8 Å². The third-order valence-electron chi connectivity index (χ3n) is 6.06. The molecular weight excluding hydrogens is 356 g/mol. The molecule has 1 aliphatic heterocycles. The van der Waals surface area contributed by atoms with E-state index in [1.54, 1.807) is 14.2 Å². The molecular formula is C20H30N6O2. The highest BCUT2D eigenvalue weighted by Crippen LogP contribution is 2.37. The highest BCUT2D eigenvalue weighted by Gasteiger charge is 2.33. The third kappa shape index (κ3) is 3.71. The first kappa shape index (κ1) is 19.1. The third-order valence-corrected chi connectivity index (χ3v) is 6.06. The fraction of sp³-hybridized carbons (Fsp3) is 0.650. The molecule has 1 saturated heterocycles. The lowest BCUT2D eigenvalue weighted by Gasteiger charge is -2.37. The molecule has 0 unspecified atom stereocenters. The van der Waals surface area contributed by atoms with Crippen LogP contribution in [0.15, 0.2) is 18.2 Å². The van der Waals surface area contributed by atoms with Gasteiger partial charge in [0.2, 0.25) is 0 Å². The molecule has 2 heterocycles. The summed E-state index contributed by atoms with van der Waals surface area (Å²) in [6.45, 7) is 4.03. The number of methoxy groups -OCH3 is 2. The number of likely N-dealkylation sites (N-methyl/N-ethyl adjacent to an activating group) is 1. The van der Waals surface area contributed by atoms with E-state index >= 15 is 0 Å². The second kappa shape index (κ2) is 8.45. The molecule has 8 heteroatoms. The summed E-state index contributed by atoms with van der Waals surface area (Å²) in [6.07, 6.45) is 4.80. The zero-order valence-corrected chi connectivity index (χ0v) is 17.0. The molecule has 152 valence electrons. The molecule has 4 rings (SSSR count). The lowest BCUT2D eigenvalue weighted by Crippen LogP contribution is -2.46. The molecule has 0 radical (unpaired) electrons. The number of nitrogens with zero attached hydrogens (tertiary/aromatic N) is 6. The molecule has 1 aromatic heterocycles. The molecule has 1 saturated carbocycles. The van der Waals surface area contributed by atoms with Crippen LogP contribution in [0, 0.1) is 0 Å². The van der Waals surface area contributed by atoms with Crippen molar-refractivity contribution in [2.24, 2.45) is 0 Å². The largest absolute Gasteiger partial charge is 0.493 e. The Morgan fingerprint density at radius 2 is 1.71 bits per heavy atom. The van der Waals surface area contributed by atoms with E-state index in [9.17, 15) is 0 Å². The second-order valence-corrected chi connectivity index (χ2v) is 7.78. The van der Waals surface area contributed by atoms with Crippen LogP contribution in [-0.4, -0.2) is 77.5 Å². The highest BCUT2D eigenvalue weighted by atomic mass is 16.5. The molecule has 2 aliphatic rings. The van der Waals surface area contributed by atoms with E-state index in [1.807, 2.05) is 6.07 Å².